The number of hydrogen-bond donors (Lipinski definition) is 1. The van der Waals surface area contributed by atoms with Gasteiger partial charge in [-0.2, -0.15) is 26.3 Å². The molecule has 0 aliphatic carbocycles. The molecular formula is C17H14F6N2O. The number of carbonyl (C=O) groups is 1. The van der Waals surface area contributed by atoms with Crippen molar-refractivity contribution in [2.45, 2.75) is 37.7 Å². The lowest BCUT2D eigenvalue weighted by atomic mass is 9.93. The monoisotopic (exact) mass is 376 g/mol. The summed E-state index contributed by atoms with van der Waals surface area (Å²) in [5, 5.41) is 2.68. The van der Waals surface area contributed by atoms with Crippen LogP contribution in [0.2, 0.25) is 0 Å². The second-order valence-electron chi connectivity index (χ2n) is 6.12. The Hall–Kier alpha value is -2.16. The molecule has 2 heterocycles. The van der Waals surface area contributed by atoms with Crippen molar-refractivity contribution >= 4 is 16.7 Å². The van der Waals surface area contributed by atoms with Crippen molar-refractivity contribution < 1.29 is 31.1 Å². The van der Waals surface area contributed by atoms with Gasteiger partial charge < -0.3 is 5.32 Å². The number of rotatable bonds is 2. The van der Waals surface area contributed by atoms with Crippen LogP contribution < -0.4 is 5.32 Å². The van der Waals surface area contributed by atoms with Crippen LogP contribution in [0.25, 0.3) is 10.9 Å². The zero-order valence-corrected chi connectivity index (χ0v) is 13.3. The SMILES string of the molecule is O=C(c1cc(C(F)(F)F)nc2c(C(F)(F)F)cccc12)C1CCCCN1. The summed E-state index contributed by atoms with van der Waals surface area (Å²) < 4.78 is 79.1. The van der Waals surface area contributed by atoms with Crippen LogP contribution in [-0.2, 0) is 12.4 Å². The standard InChI is InChI=1S/C17H14F6N2O/c18-16(19,20)11-5-3-4-9-10(15(26)12-6-1-2-7-24-12)8-13(17(21,22)23)25-14(9)11/h3-5,8,12,24H,1-2,6-7H2. The first-order valence-electron chi connectivity index (χ1n) is 7.95. The zero-order chi connectivity index (χ0) is 19.1. The number of pyridine rings is 1. The lowest BCUT2D eigenvalue weighted by Gasteiger charge is -2.23. The van der Waals surface area contributed by atoms with Crippen molar-refractivity contribution in [3.63, 3.8) is 0 Å². The van der Waals surface area contributed by atoms with Crippen molar-refractivity contribution in [2.75, 3.05) is 6.54 Å². The van der Waals surface area contributed by atoms with Crippen LogP contribution in [0.5, 0.6) is 0 Å². The molecule has 1 atom stereocenters. The number of nitrogens with one attached hydrogen (secondary N) is 1. The Labute approximate surface area is 144 Å². The number of ketones is 1. The molecule has 0 spiro atoms. The number of nitrogens with zero attached hydrogens (tertiary/aromatic N) is 1. The molecule has 0 radical (unpaired) electrons. The molecule has 140 valence electrons. The van der Waals surface area contributed by atoms with Crippen molar-refractivity contribution in [3.8, 4) is 0 Å². The highest BCUT2D eigenvalue weighted by Gasteiger charge is 2.38. The topological polar surface area (TPSA) is 42.0 Å². The first kappa shape index (κ1) is 18.6. The first-order chi connectivity index (χ1) is 12.1. The Bertz CT molecular complexity index is 837. The van der Waals surface area contributed by atoms with E-state index in [4.69, 9.17) is 0 Å². The summed E-state index contributed by atoms with van der Waals surface area (Å²) in [7, 11) is 0. The van der Waals surface area contributed by atoms with E-state index < -0.39 is 46.5 Å². The van der Waals surface area contributed by atoms with E-state index in [1.807, 2.05) is 0 Å². The van der Waals surface area contributed by atoms with E-state index in [-0.39, 0.29) is 5.39 Å². The predicted molar refractivity (Wildman–Crippen MR) is 81.7 cm³/mol. The zero-order valence-electron chi connectivity index (χ0n) is 13.3. The van der Waals surface area contributed by atoms with Gasteiger partial charge in [-0.15, -0.1) is 0 Å². The number of Topliss-reactive ketones (excluding diaryl/α,β-unsaturated/α-hetero) is 1. The third-order valence-corrected chi connectivity index (χ3v) is 4.33. The van der Waals surface area contributed by atoms with Gasteiger partial charge in [0.25, 0.3) is 0 Å². The molecule has 1 fully saturated rings. The van der Waals surface area contributed by atoms with Gasteiger partial charge in [0.2, 0.25) is 0 Å². The summed E-state index contributed by atoms with van der Waals surface area (Å²) in [6.45, 7) is 0.527. The maximum atomic E-state index is 13.2. The molecule has 3 nitrogen and oxygen atoms in total. The van der Waals surface area contributed by atoms with Gasteiger partial charge in [-0.3, -0.25) is 4.79 Å². The Morgan fingerprint density at radius 1 is 1.08 bits per heavy atom. The maximum Gasteiger partial charge on any atom is 0.433 e. The molecule has 1 aliphatic rings. The summed E-state index contributed by atoms with van der Waals surface area (Å²) in [6.07, 6.45) is -7.90. The van der Waals surface area contributed by atoms with E-state index in [0.29, 0.717) is 31.5 Å². The van der Waals surface area contributed by atoms with Gasteiger partial charge in [-0.25, -0.2) is 4.98 Å². The van der Waals surface area contributed by atoms with Gasteiger partial charge in [0.1, 0.15) is 5.69 Å². The van der Waals surface area contributed by atoms with E-state index in [2.05, 4.69) is 10.3 Å². The second-order valence-corrected chi connectivity index (χ2v) is 6.12. The van der Waals surface area contributed by atoms with E-state index in [1.54, 1.807) is 0 Å². The third kappa shape index (κ3) is 3.53. The summed E-state index contributed by atoms with van der Waals surface area (Å²) >= 11 is 0. The van der Waals surface area contributed by atoms with Gasteiger partial charge in [-0.05, 0) is 31.5 Å². The average Bonchev–Trinajstić information content (AvgIpc) is 2.58. The number of fused-ring (bicyclic) bond motifs is 1. The van der Waals surface area contributed by atoms with Crippen molar-refractivity contribution in [2.24, 2.45) is 0 Å². The highest BCUT2D eigenvalue weighted by Crippen LogP contribution is 2.38. The predicted octanol–water partition coefficient (Wildman–Crippen LogP) is 4.60. The van der Waals surface area contributed by atoms with E-state index in [1.165, 1.54) is 6.07 Å². The molecule has 0 amide bonds. The van der Waals surface area contributed by atoms with Gasteiger partial charge in [-0.1, -0.05) is 18.6 Å². The summed E-state index contributed by atoms with van der Waals surface area (Å²) in [5.41, 5.74) is -4.07. The second kappa shape index (κ2) is 6.53. The quantitative estimate of drug-likeness (QED) is 0.616. The molecule has 1 unspecified atom stereocenters. The van der Waals surface area contributed by atoms with Gasteiger partial charge in [0.05, 0.1) is 17.1 Å². The number of hydrogen-bond acceptors (Lipinski definition) is 3. The number of aromatic nitrogens is 1. The van der Waals surface area contributed by atoms with Gasteiger partial charge in [0.15, 0.2) is 5.78 Å². The minimum Gasteiger partial charge on any atom is -0.307 e. The molecule has 1 N–H and O–H groups in total. The van der Waals surface area contributed by atoms with Crippen molar-refractivity contribution in [3.05, 3.63) is 41.1 Å². The van der Waals surface area contributed by atoms with E-state index >= 15 is 0 Å². The summed E-state index contributed by atoms with van der Waals surface area (Å²) in [5.74, 6) is -0.651. The minimum absolute atomic E-state index is 0.231. The average molecular weight is 376 g/mol. The number of alkyl halides is 6. The fraction of sp³-hybridized carbons (Fsp3) is 0.412. The van der Waals surface area contributed by atoms with Crippen LogP contribution in [0.1, 0.15) is 40.9 Å². The molecule has 0 saturated carbocycles. The molecule has 1 aliphatic heterocycles. The van der Waals surface area contributed by atoms with Crippen LogP contribution >= 0.6 is 0 Å². The third-order valence-electron chi connectivity index (χ3n) is 4.33. The highest BCUT2D eigenvalue weighted by atomic mass is 19.4. The highest BCUT2D eigenvalue weighted by molar-refractivity contribution is 6.10. The number of para-hydroxylation sites is 1. The number of benzene rings is 1. The minimum atomic E-state index is -4.97. The molecule has 0 bridgehead atoms. The van der Waals surface area contributed by atoms with E-state index in [9.17, 15) is 31.1 Å². The smallest absolute Gasteiger partial charge is 0.307 e. The van der Waals surface area contributed by atoms with Crippen LogP contribution in [0, 0.1) is 0 Å². The first-order valence-corrected chi connectivity index (χ1v) is 7.95. The Balaban J connectivity index is 2.25. The van der Waals surface area contributed by atoms with Crippen LogP contribution in [0.15, 0.2) is 24.3 Å². The lowest BCUT2D eigenvalue weighted by Crippen LogP contribution is -2.40. The largest absolute Gasteiger partial charge is 0.433 e. The fourth-order valence-corrected chi connectivity index (χ4v) is 3.09. The van der Waals surface area contributed by atoms with Crippen LogP contribution in [0.4, 0.5) is 26.3 Å². The fourth-order valence-electron chi connectivity index (χ4n) is 3.09. The molecule has 1 aromatic heterocycles. The van der Waals surface area contributed by atoms with Crippen LogP contribution in [0.3, 0.4) is 0 Å². The van der Waals surface area contributed by atoms with Gasteiger partial charge >= 0.3 is 12.4 Å². The Kier molecular flexibility index (Phi) is 4.68. The normalized spacial score (nSPS) is 18.9. The van der Waals surface area contributed by atoms with Crippen molar-refractivity contribution in [1.29, 1.82) is 0 Å². The van der Waals surface area contributed by atoms with Crippen LogP contribution in [-0.4, -0.2) is 23.4 Å². The summed E-state index contributed by atoms with van der Waals surface area (Å²) in [4.78, 5) is 15.9. The molecular weight excluding hydrogens is 362 g/mol. The molecule has 1 saturated heterocycles. The molecule has 3 rings (SSSR count). The summed E-state index contributed by atoms with van der Waals surface area (Å²) in [6, 6.07) is 2.73. The molecule has 1 aromatic carbocycles. The number of carbonyl (C=O) groups excluding carboxylic acids is 1. The Morgan fingerprint density at radius 2 is 1.81 bits per heavy atom. The molecule has 2 aromatic rings. The van der Waals surface area contributed by atoms with E-state index in [0.717, 1.165) is 12.5 Å². The van der Waals surface area contributed by atoms with Gasteiger partial charge in [0, 0.05) is 10.9 Å². The number of piperidine rings is 1. The molecule has 26 heavy (non-hydrogen) atoms. The lowest BCUT2D eigenvalue weighted by molar-refractivity contribution is -0.142. The Morgan fingerprint density at radius 3 is 2.38 bits per heavy atom. The number of halogens is 6. The van der Waals surface area contributed by atoms with Crippen molar-refractivity contribution in [1.82, 2.24) is 10.3 Å². The maximum absolute atomic E-state index is 13.2. The molecule has 9 heteroatoms.